The van der Waals surface area contributed by atoms with Crippen molar-refractivity contribution < 1.29 is 9.53 Å². The van der Waals surface area contributed by atoms with Crippen LogP contribution < -0.4 is 9.64 Å². The van der Waals surface area contributed by atoms with E-state index in [-0.39, 0.29) is 11.8 Å². The number of carbonyl (C=O) groups excluding carboxylic acids is 1. The number of ether oxygens (including phenoxy) is 1. The van der Waals surface area contributed by atoms with E-state index in [0.29, 0.717) is 24.7 Å². The molecule has 1 atom stereocenters. The second kappa shape index (κ2) is 8.01. The average molecular weight is 456 g/mol. The largest absolute Gasteiger partial charge is 0.487 e. The number of para-hydroxylation sites is 1. The van der Waals surface area contributed by atoms with Crippen molar-refractivity contribution in [3.05, 3.63) is 95.8 Å². The summed E-state index contributed by atoms with van der Waals surface area (Å²) in [6.45, 7) is 0.984. The fourth-order valence-electron chi connectivity index (χ4n) is 4.77. The number of nitrogens with zero attached hydrogens (tertiary/aromatic N) is 1. The van der Waals surface area contributed by atoms with Crippen molar-refractivity contribution in [2.24, 2.45) is 0 Å². The second-order valence-corrected chi connectivity index (χ2v) is 8.69. The topological polar surface area (TPSA) is 61.1 Å². The first-order valence-corrected chi connectivity index (χ1v) is 11.5. The van der Waals surface area contributed by atoms with Crippen LogP contribution in [0.15, 0.2) is 79.0 Å². The zero-order chi connectivity index (χ0) is 22.4. The molecule has 0 saturated carbocycles. The van der Waals surface area contributed by atoms with Gasteiger partial charge in [-0.3, -0.25) is 4.79 Å². The number of aromatic nitrogens is 2. The molecule has 1 aliphatic rings. The fourth-order valence-corrected chi connectivity index (χ4v) is 5.03. The Morgan fingerprint density at radius 3 is 2.70 bits per heavy atom. The van der Waals surface area contributed by atoms with Crippen LogP contribution in [-0.2, 0) is 6.61 Å². The predicted octanol–water partition coefficient (Wildman–Crippen LogP) is 6.21. The van der Waals surface area contributed by atoms with Crippen LogP contribution in [0.25, 0.3) is 21.8 Å². The number of H-pyrrole nitrogens is 2. The highest BCUT2D eigenvalue weighted by molar-refractivity contribution is 6.19. The molecule has 0 fully saturated rings. The molecule has 164 valence electrons. The van der Waals surface area contributed by atoms with E-state index in [1.165, 1.54) is 0 Å². The molecule has 0 saturated heterocycles. The molecule has 5 nitrogen and oxygen atoms in total. The van der Waals surface area contributed by atoms with Gasteiger partial charge in [0.25, 0.3) is 5.91 Å². The minimum absolute atomic E-state index is 0.0523. The van der Waals surface area contributed by atoms with Crippen molar-refractivity contribution in [3.63, 3.8) is 0 Å². The van der Waals surface area contributed by atoms with Gasteiger partial charge in [0.05, 0.1) is 11.2 Å². The maximum absolute atomic E-state index is 13.6. The van der Waals surface area contributed by atoms with Gasteiger partial charge < -0.3 is 19.6 Å². The Kier molecular flexibility index (Phi) is 4.84. The summed E-state index contributed by atoms with van der Waals surface area (Å²) in [6, 6.07) is 23.9. The molecule has 6 heteroatoms. The molecule has 3 aromatic carbocycles. The Balaban J connectivity index is 1.42. The van der Waals surface area contributed by atoms with Gasteiger partial charge in [0.15, 0.2) is 0 Å². The number of amides is 1. The predicted molar refractivity (Wildman–Crippen MR) is 133 cm³/mol. The number of nitrogens with one attached hydrogen (secondary N) is 2. The smallest absolute Gasteiger partial charge is 0.274 e. The van der Waals surface area contributed by atoms with Crippen molar-refractivity contribution in [1.29, 1.82) is 0 Å². The molecular formula is C27H22ClN3O2. The van der Waals surface area contributed by atoms with E-state index in [1.54, 1.807) is 0 Å². The first kappa shape index (κ1) is 19.9. The fraction of sp³-hybridized carbons (Fsp3) is 0.148. The third-order valence-electron chi connectivity index (χ3n) is 6.36. The summed E-state index contributed by atoms with van der Waals surface area (Å²) in [4.78, 5) is 22.0. The van der Waals surface area contributed by atoms with Crippen molar-refractivity contribution in [2.45, 2.75) is 12.5 Å². The van der Waals surface area contributed by atoms with Crippen LogP contribution in [-0.4, -0.2) is 28.3 Å². The third-order valence-corrected chi connectivity index (χ3v) is 6.73. The number of benzene rings is 3. The Morgan fingerprint density at radius 1 is 1.06 bits per heavy atom. The Hall–Kier alpha value is -3.70. The number of hydrogen-bond acceptors (Lipinski definition) is 2. The van der Waals surface area contributed by atoms with Crippen LogP contribution in [0.4, 0.5) is 5.69 Å². The number of rotatable bonds is 5. The molecule has 2 aromatic heterocycles. The summed E-state index contributed by atoms with van der Waals surface area (Å²) in [6.07, 6.45) is 1.91. The maximum Gasteiger partial charge on any atom is 0.274 e. The van der Waals surface area contributed by atoms with Crippen LogP contribution in [0.1, 0.15) is 27.5 Å². The maximum atomic E-state index is 13.6. The molecule has 0 spiro atoms. The normalized spacial score (nSPS) is 15.3. The number of anilines is 1. The summed E-state index contributed by atoms with van der Waals surface area (Å²) in [5, 5.41) is 2.07. The number of hydrogen-bond donors (Lipinski definition) is 2. The lowest BCUT2D eigenvalue weighted by atomic mass is 9.99. The van der Waals surface area contributed by atoms with Gasteiger partial charge in [0.2, 0.25) is 0 Å². The number of alkyl halides is 1. The van der Waals surface area contributed by atoms with E-state index >= 15 is 0 Å². The highest BCUT2D eigenvalue weighted by Crippen LogP contribution is 2.45. The summed E-state index contributed by atoms with van der Waals surface area (Å²) < 4.78 is 6.23. The van der Waals surface area contributed by atoms with Gasteiger partial charge in [0.1, 0.15) is 18.1 Å². The minimum atomic E-state index is -0.0658. The molecule has 5 aromatic rings. The quantitative estimate of drug-likeness (QED) is 0.309. The Labute approximate surface area is 195 Å². The molecule has 0 radical (unpaired) electrons. The summed E-state index contributed by atoms with van der Waals surface area (Å²) >= 11 is 6.38. The van der Waals surface area contributed by atoms with Crippen LogP contribution >= 0.6 is 11.6 Å². The lowest BCUT2D eigenvalue weighted by molar-refractivity contribution is 0.0984. The minimum Gasteiger partial charge on any atom is -0.487 e. The molecule has 0 bridgehead atoms. The standard InChI is InChI=1S/C27H22ClN3O2/c28-14-19-15-31(27(32)22-12-18-8-4-5-9-21(18)30-22)23-13-24(26-20(25(19)23)10-11-29-26)33-16-17-6-2-1-3-7-17/h1-13,19,29-30H,14-16H2/t19-/m0/s1. The molecule has 0 aliphatic carbocycles. The Bertz CT molecular complexity index is 1440. The van der Waals surface area contributed by atoms with Gasteiger partial charge in [-0.15, -0.1) is 11.6 Å². The Morgan fingerprint density at radius 2 is 1.88 bits per heavy atom. The molecule has 6 rings (SSSR count). The van der Waals surface area contributed by atoms with Crippen molar-refractivity contribution in [1.82, 2.24) is 9.97 Å². The zero-order valence-electron chi connectivity index (χ0n) is 17.8. The summed E-state index contributed by atoms with van der Waals surface area (Å²) in [5.41, 5.74) is 5.49. The highest BCUT2D eigenvalue weighted by atomic mass is 35.5. The first-order valence-electron chi connectivity index (χ1n) is 11.0. The monoisotopic (exact) mass is 455 g/mol. The van der Waals surface area contributed by atoms with Crippen molar-refractivity contribution >= 4 is 45.0 Å². The van der Waals surface area contributed by atoms with Crippen LogP contribution in [0.3, 0.4) is 0 Å². The zero-order valence-corrected chi connectivity index (χ0v) is 18.6. The van der Waals surface area contributed by atoms with E-state index in [4.69, 9.17) is 16.3 Å². The molecule has 1 aliphatic heterocycles. The number of carbonyl (C=O) groups is 1. The summed E-state index contributed by atoms with van der Waals surface area (Å²) in [7, 11) is 0. The molecule has 3 heterocycles. The first-order chi connectivity index (χ1) is 16.2. The molecule has 33 heavy (non-hydrogen) atoms. The van der Waals surface area contributed by atoms with E-state index < -0.39 is 0 Å². The third kappa shape index (κ3) is 3.36. The van der Waals surface area contributed by atoms with E-state index in [9.17, 15) is 4.79 Å². The van der Waals surface area contributed by atoms with Crippen molar-refractivity contribution in [3.8, 4) is 5.75 Å². The van der Waals surface area contributed by atoms with Crippen molar-refractivity contribution in [2.75, 3.05) is 17.3 Å². The molecule has 0 unspecified atom stereocenters. The van der Waals surface area contributed by atoms with Crippen LogP contribution in [0.5, 0.6) is 5.75 Å². The lowest BCUT2D eigenvalue weighted by Gasteiger charge is -2.18. The molecule has 2 N–H and O–H groups in total. The molecular weight excluding hydrogens is 434 g/mol. The SMILES string of the molecule is O=C(c1cc2ccccc2[nH]1)N1C[C@H](CCl)c2c1cc(OCc1ccccc1)c1[nH]ccc21. The van der Waals surface area contributed by atoms with Crippen LogP contribution in [0, 0.1) is 0 Å². The van der Waals surface area contributed by atoms with Gasteiger partial charge in [-0.2, -0.15) is 0 Å². The number of aromatic amines is 2. The number of halogens is 1. The van der Waals surface area contributed by atoms with Gasteiger partial charge in [0, 0.05) is 46.9 Å². The van der Waals surface area contributed by atoms with Gasteiger partial charge in [-0.05, 0) is 29.3 Å². The van der Waals surface area contributed by atoms with Crippen LogP contribution in [0.2, 0.25) is 0 Å². The van der Waals surface area contributed by atoms with Gasteiger partial charge in [-0.25, -0.2) is 0 Å². The van der Waals surface area contributed by atoms with Gasteiger partial charge in [-0.1, -0.05) is 48.5 Å². The van der Waals surface area contributed by atoms with E-state index in [0.717, 1.165) is 44.4 Å². The van der Waals surface area contributed by atoms with E-state index in [2.05, 4.69) is 9.97 Å². The summed E-state index contributed by atoms with van der Waals surface area (Å²) in [5.74, 6) is 1.15. The van der Waals surface area contributed by atoms with Gasteiger partial charge >= 0.3 is 0 Å². The van der Waals surface area contributed by atoms with E-state index in [1.807, 2.05) is 83.9 Å². The average Bonchev–Trinajstić information content (AvgIpc) is 3.58. The molecule has 1 amide bonds. The lowest BCUT2D eigenvalue weighted by Crippen LogP contribution is -2.30. The highest BCUT2D eigenvalue weighted by Gasteiger charge is 2.35. The second-order valence-electron chi connectivity index (χ2n) is 8.39. The number of fused-ring (bicyclic) bond motifs is 4.